The molecular formula is C18H20N2O3. The SMILES string of the molecule is CCc1ccccc1OC1CN(C(=O)c2ccnc(OC)c2)C1. The summed E-state index contributed by atoms with van der Waals surface area (Å²) in [6.45, 7) is 3.30. The third-order valence-electron chi connectivity index (χ3n) is 3.97. The van der Waals surface area contributed by atoms with Crippen LogP contribution in [0.4, 0.5) is 0 Å². The van der Waals surface area contributed by atoms with Crippen LogP contribution in [0.15, 0.2) is 42.6 Å². The lowest BCUT2D eigenvalue weighted by Crippen LogP contribution is -2.56. The molecule has 23 heavy (non-hydrogen) atoms. The van der Waals surface area contributed by atoms with E-state index in [1.54, 1.807) is 23.2 Å². The minimum atomic E-state index is -0.0191. The van der Waals surface area contributed by atoms with Crippen molar-refractivity contribution in [3.05, 3.63) is 53.7 Å². The second-order valence-corrected chi connectivity index (χ2v) is 5.50. The molecule has 2 aromatic rings. The van der Waals surface area contributed by atoms with Crippen LogP contribution in [-0.2, 0) is 6.42 Å². The minimum absolute atomic E-state index is 0.0191. The van der Waals surface area contributed by atoms with Crippen LogP contribution in [0.1, 0.15) is 22.8 Å². The Balaban J connectivity index is 1.59. The lowest BCUT2D eigenvalue weighted by Gasteiger charge is -2.39. The molecule has 1 aromatic heterocycles. The molecule has 0 radical (unpaired) electrons. The van der Waals surface area contributed by atoms with Crippen LogP contribution in [0, 0.1) is 0 Å². The topological polar surface area (TPSA) is 51.7 Å². The van der Waals surface area contributed by atoms with E-state index in [2.05, 4.69) is 18.0 Å². The van der Waals surface area contributed by atoms with Gasteiger partial charge in [0.25, 0.3) is 5.91 Å². The Morgan fingerprint density at radius 2 is 2.09 bits per heavy atom. The van der Waals surface area contributed by atoms with Crippen molar-refractivity contribution in [3.8, 4) is 11.6 Å². The maximum absolute atomic E-state index is 12.4. The molecule has 1 amide bonds. The number of para-hydroxylation sites is 1. The third-order valence-corrected chi connectivity index (χ3v) is 3.97. The van der Waals surface area contributed by atoms with E-state index in [0.717, 1.165) is 12.2 Å². The molecule has 1 aromatic carbocycles. The highest BCUT2D eigenvalue weighted by molar-refractivity contribution is 5.95. The van der Waals surface area contributed by atoms with E-state index in [4.69, 9.17) is 9.47 Å². The molecule has 3 rings (SSSR count). The van der Waals surface area contributed by atoms with Crippen LogP contribution in [0.5, 0.6) is 11.6 Å². The van der Waals surface area contributed by atoms with Gasteiger partial charge in [-0.2, -0.15) is 0 Å². The highest BCUT2D eigenvalue weighted by atomic mass is 16.5. The fraction of sp³-hybridized carbons (Fsp3) is 0.333. The number of benzene rings is 1. The molecule has 0 bridgehead atoms. The molecule has 0 unspecified atom stereocenters. The molecule has 5 nitrogen and oxygen atoms in total. The zero-order valence-corrected chi connectivity index (χ0v) is 13.4. The average molecular weight is 312 g/mol. The van der Waals surface area contributed by atoms with E-state index in [1.165, 1.54) is 12.7 Å². The summed E-state index contributed by atoms with van der Waals surface area (Å²) in [5, 5.41) is 0. The van der Waals surface area contributed by atoms with Gasteiger partial charge in [0, 0.05) is 17.8 Å². The second kappa shape index (κ2) is 6.69. The van der Waals surface area contributed by atoms with Gasteiger partial charge in [-0.15, -0.1) is 0 Å². The first-order chi connectivity index (χ1) is 11.2. The van der Waals surface area contributed by atoms with E-state index in [9.17, 15) is 4.79 Å². The number of hydrogen-bond donors (Lipinski definition) is 0. The number of nitrogens with zero attached hydrogens (tertiary/aromatic N) is 2. The van der Waals surface area contributed by atoms with Crippen LogP contribution in [-0.4, -0.2) is 42.1 Å². The molecule has 1 aliphatic rings. The predicted molar refractivity (Wildman–Crippen MR) is 86.9 cm³/mol. The highest BCUT2D eigenvalue weighted by Crippen LogP contribution is 2.24. The predicted octanol–water partition coefficient (Wildman–Crippen LogP) is 2.56. The molecule has 1 fully saturated rings. The van der Waals surface area contributed by atoms with Gasteiger partial charge in [-0.3, -0.25) is 4.79 Å². The molecule has 120 valence electrons. The minimum Gasteiger partial charge on any atom is -0.486 e. The standard InChI is InChI=1S/C18H20N2O3/c1-3-13-6-4-5-7-16(13)23-15-11-20(12-15)18(21)14-8-9-19-17(10-14)22-2/h4-10,15H,3,11-12H2,1-2H3. The largest absolute Gasteiger partial charge is 0.486 e. The summed E-state index contributed by atoms with van der Waals surface area (Å²) in [4.78, 5) is 18.2. The first-order valence-corrected chi connectivity index (χ1v) is 7.75. The average Bonchev–Trinajstić information content (AvgIpc) is 2.57. The molecule has 0 aliphatic carbocycles. The molecule has 0 saturated carbocycles. The summed E-state index contributed by atoms with van der Waals surface area (Å²) in [6, 6.07) is 11.4. The molecule has 0 N–H and O–H groups in total. The van der Waals surface area contributed by atoms with Crippen molar-refractivity contribution in [1.82, 2.24) is 9.88 Å². The fourth-order valence-corrected chi connectivity index (χ4v) is 2.61. The van der Waals surface area contributed by atoms with Crippen molar-refractivity contribution >= 4 is 5.91 Å². The Hall–Kier alpha value is -2.56. The van der Waals surface area contributed by atoms with Gasteiger partial charge in [0.2, 0.25) is 5.88 Å². The van der Waals surface area contributed by atoms with Gasteiger partial charge in [-0.05, 0) is 24.1 Å². The number of carbonyl (C=O) groups is 1. The summed E-state index contributed by atoms with van der Waals surface area (Å²) in [6.07, 6.45) is 2.56. The Morgan fingerprint density at radius 3 is 2.83 bits per heavy atom. The van der Waals surface area contributed by atoms with E-state index in [0.29, 0.717) is 24.5 Å². The van der Waals surface area contributed by atoms with E-state index in [1.807, 2.05) is 18.2 Å². The van der Waals surface area contributed by atoms with Crippen LogP contribution in [0.2, 0.25) is 0 Å². The van der Waals surface area contributed by atoms with Gasteiger partial charge in [-0.25, -0.2) is 4.98 Å². The number of ether oxygens (including phenoxy) is 2. The van der Waals surface area contributed by atoms with Crippen LogP contribution in [0.25, 0.3) is 0 Å². The normalized spacial score (nSPS) is 14.3. The maximum atomic E-state index is 12.4. The number of pyridine rings is 1. The van der Waals surface area contributed by atoms with Gasteiger partial charge >= 0.3 is 0 Å². The van der Waals surface area contributed by atoms with Gasteiger partial charge in [0.1, 0.15) is 11.9 Å². The van der Waals surface area contributed by atoms with Crippen LogP contribution >= 0.6 is 0 Å². The molecule has 1 aliphatic heterocycles. The van der Waals surface area contributed by atoms with Crippen molar-refractivity contribution in [2.24, 2.45) is 0 Å². The van der Waals surface area contributed by atoms with Crippen molar-refractivity contribution < 1.29 is 14.3 Å². The first-order valence-electron chi connectivity index (χ1n) is 7.75. The van der Waals surface area contributed by atoms with Crippen molar-refractivity contribution in [1.29, 1.82) is 0 Å². The van der Waals surface area contributed by atoms with Crippen LogP contribution in [0.3, 0.4) is 0 Å². The summed E-state index contributed by atoms with van der Waals surface area (Å²) < 4.78 is 11.1. The zero-order chi connectivity index (χ0) is 16.2. The van der Waals surface area contributed by atoms with Crippen LogP contribution < -0.4 is 9.47 Å². The fourth-order valence-electron chi connectivity index (χ4n) is 2.61. The zero-order valence-electron chi connectivity index (χ0n) is 13.4. The number of likely N-dealkylation sites (tertiary alicyclic amines) is 1. The van der Waals surface area contributed by atoms with Crippen molar-refractivity contribution in [2.75, 3.05) is 20.2 Å². The number of aryl methyl sites for hydroxylation is 1. The van der Waals surface area contributed by atoms with Gasteiger partial charge < -0.3 is 14.4 Å². The van der Waals surface area contributed by atoms with Gasteiger partial charge in [0.15, 0.2) is 0 Å². The molecule has 0 spiro atoms. The Bertz CT molecular complexity index is 696. The van der Waals surface area contributed by atoms with E-state index < -0.39 is 0 Å². The molecule has 1 saturated heterocycles. The Labute approximate surface area is 135 Å². The molecule has 5 heteroatoms. The summed E-state index contributed by atoms with van der Waals surface area (Å²) in [7, 11) is 1.54. The molecular weight excluding hydrogens is 292 g/mol. The number of hydrogen-bond acceptors (Lipinski definition) is 4. The van der Waals surface area contributed by atoms with Crippen molar-refractivity contribution in [3.63, 3.8) is 0 Å². The van der Waals surface area contributed by atoms with Gasteiger partial charge in [0.05, 0.1) is 20.2 Å². The Morgan fingerprint density at radius 1 is 1.30 bits per heavy atom. The number of methoxy groups -OCH3 is 1. The smallest absolute Gasteiger partial charge is 0.254 e. The van der Waals surface area contributed by atoms with Gasteiger partial charge in [-0.1, -0.05) is 25.1 Å². The third kappa shape index (κ3) is 3.28. The molecule has 0 atom stereocenters. The Kier molecular flexibility index (Phi) is 4.46. The van der Waals surface area contributed by atoms with E-state index in [-0.39, 0.29) is 12.0 Å². The second-order valence-electron chi connectivity index (χ2n) is 5.50. The number of amides is 1. The summed E-state index contributed by atoms with van der Waals surface area (Å²) >= 11 is 0. The number of rotatable bonds is 5. The maximum Gasteiger partial charge on any atom is 0.254 e. The highest BCUT2D eigenvalue weighted by Gasteiger charge is 2.33. The summed E-state index contributed by atoms with van der Waals surface area (Å²) in [5.74, 6) is 1.34. The molecule has 2 heterocycles. The lowest BCUT2D eigenvalue weighted by molar-refractivity contribution is 0.0174. The monoisotopic (exact) mass is 312 g/mol. The lowest BCUT2D eigenvalue weighted by atomic mass is 10.1. The number of aromatic nitrogens is 1. The first kappa shape index (κ1) is 15.3. The number of carbonyl (C=O) groups excluding carboxylic acids is 1. The van der Waals surface area contributed by atoms with Crippen molar-refractivity contribution in [2.45, 2.75) is 19.4 Å². The quantitative estimate of drug-likeness (QED) is 0.851. The summed E-state index contributed by atoms with van der Waals surface area (Å²) in [5.41, 5.74) is 1.78. The van der Waals surface area contributed by atoms with E-state index >= 15 is 0 Å².